The van der Waals surface area contributed by atoms with Crippen LogP contribution >= 0.6 is 0 Å². The van der Waals surface area contributed by atoms with E-state index in [2.05, 4.69) is 16.2 Å². The zero-order valence-corrected chi connectivity index (χ0v) is 14.8. The van der Waals surface area contributed by atoms with Crippen LogP contribution in [0.25, 0.3) is 28.6 Å². The van der Waals surface area contributed by atoms with Crippen molar-refractivity contribution in [3.8, 4) is 23.0 Å². The van der Waals surface area contributed by atoms with E-state index in [4.69, 9.17) is 0 Å². The van der Waals surface area contributed by atoms with Crippen molar-refractivity contribution < 1.29 is 4.39 Å². The zero-order chi connectivity index (χ0) is 19.3. The zero-order valence-electron chi connectivity index (χ0n) is 14.8. The lowest BCUT2D eigenvalue weighted by molar-refractivity contribution is 0.628. The number of aromatic nitrogens is 3. The van der Waals surface area contributed by atoms with E-state index in [1.54, 1.807) is 41.2 Å². The smallest absolute Gasteiger partial charge is 0.123 e. The van der Waals surface area contributed by atoms with Crippen LogP contribution in [0.5, 0.6) is 0 Å². The van der Waals surface area contributed by atoms with Gasteiger partial charge in [0, 0.05) is 23.5 Å². The number of hydrogen-bond donors (Lipinski definition) is 0. The first-order valence-electron chi connectivity index (χ1n) is 8.69. The number of allylic oxidation sites excluding steroid dienone is 1. The van der Waals surface area contributed by atoms with Crippen molar-refractivity contribution in [3.05, 3.63) is 102 Å². The lowest BCUT2D eigenvalue weighted by Crippen LogP contribution is -1.94. The second kappa shape index (κ2) is 7.68. The molecular formula is C23H15FN4. The Morgan fingerprint density at radius 3 is 2.39 bits per heavy atom. The van der Waals surface area contributed by atoms with Gasteiger partial charge in [0.2, 0.25) is 0 Å². The summed E-state index contributed by atoms with van der Waals surface area (Å²) in [7, 11) is 0. The Labute approximate surface area is 161 Å². The molecule has 4 aromatic rings. The third-order valence-corrected chi connectivity index (χ3v) is 4.24. The minimum atomic E-state index is -0.311. The highest BCUT2D eigenvalue weighted by Crippen LogP contribution is 2.27. The van der Waals surface area contributed by atoms with E-state index >= 15 is 0 Å². The molecule has 5 heteroatoms. The van der Waals surface area contributed by atoms with Crippen molar-refractivity contribution in [1.29, 1.82) is 5.26 Å². The van der Waals surface area contributed by atoms with Crippen molar-refractivity contribution in [1.82, 2.24) is 14.8 Å². The summed E-state index contributed by atoms with van der Waals surface area (Å²) < 4.78 is 15.1. The molecule has 0 saturated carbocycles. The van der Waals surface area contributed by atoms with Gasteiger partial charge in [-0.15, -0.1) is 0 Å². The Morgan fingerprint density at radius 2 is 1.71 bits per heavy atom. The Balaban J connectivity index is 1.87. The molecule has 0 bridgehead atoms. The predicted molar refractivity (Wildman–Crippen MR) is 107 cm³/mol. The van der Waals surface area contributed by atoms with Gasteiger partial charge >= 0.3 is 0 Å². The van der Waals surface area contributed by atoms with Crippen LogP contribution in [0.15, 0.2) is 85.2 Å². The third-order valence-electron chi connectivity index (χ3n) is 4.24. The largest absolute Gasteiger partial charge is 0.256 e. The summed E-state index contributed by atoms with van der Waals surface area (Å²) in [6.07, 6.45) is 5.26. The lowest BCUT2D eigenvalue weighted by atomic mass is 10.0. The summed E-state index contributed by atoms with van der Waals surface area (Å²) in [5, 5.41) is 14.3. The van der Waals surface area contributed by atoms with E-state index < -0.39 is 0 Å². The van der Waals surface area contributed by atoms with Gasteiger partial charge < -0.3 is 0 Å². The van der Waals surface area contributed by atoms with Crippen LogP contribution in [0.4, 0.5) is 4.39 Å². The Kier molecular flexibility index (Phi) is 4.77. The first-order chi connectivity index (χ1) is 13.7. The fourth-order valence-corrected chi connectivity index (χ4v) is 2.88. The van der Waals surface area contributed by atoms with Gasteiger partial charge in [-0.1, -0.05) is 24.3 Å². The van der Waals surface area contributed by atoms with Gasteiger partial charge in [-0.3, -0.25) is 4.98 Å². The third kappa shape index (κ3) is 3.57. The quantitative estimate of drug-likeness (QED) is 0.470. The molecule has 0 unspecified atom stereocenters. The molecular weight excluding hydrogens is 351 g/mol. The number of nitrogens with zero attached hydrogens (tertiary/aromatic N) is 4. The van der Waals surface area contributed by atoms with Crippen LogP contribution in [-0.2, 0) is 0 Å². The summed E-state index contributed by atoms with van der Waals surface area (Å²) in [6, 6.07) is 23.5. The van der Waals surface area contributed by atoms with Crippen LogP contribution in [0.3, 0.4) is 0 Å². The van der Waals surface area contributed by atoms with Crippen molar-refractivity contribution in [2.24, 2.45) is 0 Å². The molecule has 2 aromatic heterocycles. The summed E-state index contributed by atoms with van der Waals surface area (Å²) >= 11 is 0. The van der Waals surface area contributed by atoms with Crippen LogP contribution in [0.1, 0.15) is 11.3 Å². The molecule has 134 valence electrons. The Hall–Kier alpha value is -4.04. The maximum atomic E-state index is 13.4. The fourth-order valence-electron chi connectivity index (χ4n) is 2.88. The Morgan fingerprint density at radius 1 is 0.964 bits per heavy atom. The summed E-state index contributed by atoms with van der Waals surface area (Å²) in [6.45, 7) is 0. The second-order valence-corrected chi connectivity index (χ2v) is 6.10. The fraction of sp³-hybridized carbons (Fsp3) is 0. The highest BCUT2D eigenvalue weighted by atomic mass is 19.1. The van der Waals surface area contributed by atoms with Gasteiger partial charge in [0.05, 0.1) is 22.6 Å². The van der Waals surface area contributed by atoms with E-state index in [1.807, 2.05) is 42.6 Å². The average molecular weight is 366 g/mol. The number of hydrogen-bond acceptors (Lipinski definition) is 3. The monoisotopic (exact) mass is 366 g/mol. The molecule has 4 rings (SSSR count). The molecule has 0 atom stereocenters. The molecule has 0 spiro atoms. The molecule has 2 aromatic carbocycles. The summed E-state index contributed by atoms with van der Waals surface area (Å²) in [5.74, 6) is -0.311. The SMILES string of the molecule is N#C/C(=C\c1cn(-c2ccccc2)nc1-c1ccc(F)cc1)c1ccccn1. The maximum absolute atomic E-state index is 13.4. The molecule has 0 saturated heterocycles. The first kappa shape index (κ1) is 17.4. The van der Waals surface area contributed by atoms with E-state index in [0.717, 1.165) is 16.8 Å². The molecule has 28 heavy (non-hydrogen) atoms. The molecule has 2 heterocycles. The summed E-state index contributed by atoms with van der Waals surface area (Å²) in [5.41, 5.74) is 4.08. The van der Waals surface area contributed by atoms with Gasteiger partial charge in [0.25, 0.3) is 0 Å². The van der Waals surface area contributed by atoms with E-state index in [0.29, 0.717) is 17.0 Å². The predicted octanol–water partition coefficient (Wildman–Crippen LogP) is 5.14. The van der Waals surface area contributed by atoms with E-state index in [-0.39, 0.29) is 5.82 Å². The topological polar surface area (TPSA) is 54.5 Å². The van der Waals surface area contributed by atoms with Crippen LogP contribution < -0.4 is 0 Å². The van der Waals surface area contributed by atoms with Crippen molar-refractivity contribution in [2.75, 3.05) is 0 Å². The minimum absolute atomic E-state index is 0.311. The molecule has 0 fully saturated rings. The average Bonchev–Trinajstić information content (AvgIpc) is 3.18. The van der Waals surface area contributed by atoms with E-state index in [9.17, 15) is 9.65 Å². The molecule has 0 amide bonds. The van der Waals surface area contributed by atoms with Crippen molar-refractivity contribution in [2.45, 2.75) is 0 Å². The molecule has 0 N–H and O–H groups in total. The number of nitriles is 1. The summed E-state index contributed by atoms with van der Waals surface area (Å²) in [4.78, 5) is 4.26. The van der Waals surface area contributed by atoms with Gasteiger partial charge in [0.1, 0.15) is 11.9 Å². The highest BCUT2D eigenvalue weighted by molar-refractivity contribution is 5.91. The van der Waals surface area contributed by atoms with Gasteiger partial charge in [-0.2, -0.15) is 10.4 Å². The van der Waals surface area contributed by atoms with Crippen molar-refractivity contribution in [3.63, 3.8) is 0 Å². The molecule has 0 aliphatic heterocycles. The number of rotatable bonds is 4. The highest BCUT2D eigenvalue weighted by Gasteiger charge is 2.13. The number of pyridine rings is 1. The van der Waals surface area contributed by atoms with Crippen molar-refractivity contribution >= 4 is 11.6 Å². The maximum Gasteiger partial charge on any atom is 0.123 e. The molecule has 4 nitrogen and oxygen atoms in total. The van der Waals surface area contributed by atoms with Crippen LogP contribution in [-0.4, -0.2) is 14.8 Å². The molecule has 0 aliphatic carbocycles. The first-order valence-corrected chi connectivity index (χ1v) is 8.69. The van der Waals surface area contributed by atoms with Gasteiger partial charge in [-0.05, 0) is 54.6 Å². The standard InChI is InChI=1S/C23H15FN4/c24-20-11-9-17(10-12-20)23-19(14-18(15-25)22-8-4-5-13-26-22)16-28(27-23)21-6-2-1-3-7-21/h1-14,16H/b18-14+. The number of para-hydroxylation sites is 1. The van der Waals surface area contributed by atoms with E-state index in [1.165, 1.54) is 12.1 Å². The van der Waals surface area contributed by atoms with Gasteiger partial charge in [0.15, 0.2) is 0 Å². The van der Waals surface area contributed by atoms with Crippen LogP contribution in [0, 0.1) is 17.1 Å². The second-order valence-electron chi connectivity index (χ2n) is 6.10. The molecule has 0 aliphatic rings. The lowest BCUT2D eigenvalue weighted by Gasteiger charge is -2.01. The van der Waals surface area contributed by atoms with Gasteiger partial charge in [-0.25, -0.2) is 9.07 Å². The molecule has 0 radical (unpaired) electrons. The number of halogens is 1. The minimum Gasteiger partial charge on any atom is -0.256 e. The number of benzene rings is 2. The normalized spacial score (nSPS) is 11.2. The van der Waals surface area contributed by atoms with Crippen LogP contribution in [0.2, 0.25) is 0 Å². The Bertz CT molecular complexity index is 1150.